The van der Waals surface area contributed by atoms with Gasteiger partial charge in [-0.3, -0.25) is 9.71 Å². The Morgan fingerprint density at radius 3 is 2.77 bits per heavy atom. The summed E-state index contributed by atoms with van der Waals surface area (Å²) in [5, 5.41) is 0.640. The molecular formula is C16H19ClN4S. The minimum absolute atomic E-state index is 0.591. The van der Waals surface area contributed by atoms with Gasteiger partial charge < -0.3 is 4.90 Å². The highest BCUT2D eigenvalue weighted by molar-refractivity contribution is 7.96. The van der Waals surface area contributed by atoms with Crippen molar-refractivity contribution in [2.24, 2.45) is 0 Å². The summed E-state index contributed by atoms with van der Waals surface area (Å²) in [6, 6.07) is 8.49. The van der Waals surface area contributed by atoms with Crippen LogP contribution in [-0.4, -0.2) is 35.4 Å². The molecule has 0 spiro atoms. The first-order chi connectivity index (χ1) is 10.8. The topological polar surface area (TPSA) is 41.0 Å². The standard InChI is InChI=1S/C16H19ClN4S/c1-22-20-12-5-8-21(9-6-12)16-10-13(14(17)11-19-16)15-4-2-3-7-18-15/h2-4,7,10-12,20H,5-6,8-9H2,1H3. The summed E-state index contributed by atoms with van der Waals surface area (Å²) in [4.78, 5) is 11.2. The van der Waals surface area contributed by atoms with Crippen molar-refractivity contribution in [1.82, 2.24) is 14.7 Å². The molecule has 0 saturated carbocycles. The number of nitrogens with zero attached hydrogens (tertiary/aromatic N) is 3. The third-order valence-corrected chi connectivity index (χ3v) is 4.76. The van der Waals surface area contributed by atoms with Gasteiger partial charge in [-0.15, -0.1) is 0 Å². The van der Waals surface area contributed by atoms with Gasteiger partial charge in [0, 0.05) is 37.1 Å². The van der Waals surface area contributed by atoms with Gasteiger partial charge in [0.15, 0.2) is 0 Å². The zero-order valence-electron chi connectivity index (χ0n) is 12.5. The Morgan fingerprint density at radius 1 is 1.27 bits per heavy atom. The lowest BCUT2D eigenvalue weighted by Crippen LogP contribution is -2.40. The van der Waals surface area contributed by atoms with Crippen LogP contribution in [0.1, 0.15) is 12.8 Å². The zero-order chi connectivity index (χ0) is 15.4. The molecule has 2 aromatic heterocycles. The fourth-order valence-electron chi connectivity index (χ4n) is 2.71. The molecule has 0 atom stereocenters. The van der Waals surface area contributed by atoms with Gasteiger partial charge in [0.25, 0.3) is 0 Å². The van der Waals surface area contributed by atoms with Gasteiger partial charge in [-0.25, -0.2) is 4.98 Å². The molecular weight excluding hydrogens is 316 g/mol. The van der Waals surface area contributed by atoms with Crippen LogP contribution in [-0.2, 0) is 0 Å². The highest BCUT2D eigenvalue weighted by Gasteiger charge is 2.20. The number of piperidine rings is 1. The third kappa shape index (κ3) is 3.54. The molecule has 0 amide bonds. The number of rotatable bonds is 4. The van der Waals surface area contributed by atoms with Gasteiger partial charge in [-0.05, 0) is 37.3 Å². The van der Waals surface area contributed by atoms with Crippen LogP contribution in [0.4, 0.5) is 5.82 Å². The van der Waals surface area contributed by atoms with E-state index in [1.165, 1.54) is 0 Å². The minimum Gasteiger partial charge on any atom is -0.356 e. The Balaban J connectivity index is 1.79. The van der Waals surface area contributed by atoms with Crippen LogP contribution in [0.3, 0.4) is 0 Å². The number of hydrogen-bond donors (Lipinski definition) is 1. The molecule has 22 heavy (non-hydrogen) atoms. The first kappa shape index (κ1) is 15.6. The molecule has 2 aromatic rings. The van der Waals surface area contributed by atoms with E-state index in [4.69, 9.17) is 11.6 Å². The third-order valence-electron chi connectivity index (χ3n) is 3.89. The molecule has 3 rings (SSSR count). The average molecular weight is 335 g/mol. The van der Waals surface area contributed by atoms with Crippen molar-refractivity contribution in [2.75, 3.05) is 24.2 Å². The molecule has 0 bridgehead atoms. The molecule has 116 valence electrons. The fraction of sp³-hybridized carbons (Fsp3) is 0.375. The lowest BCUT2D eigenvalue weighted by Gasteiger charge is -2.33. The largest absolute Gasteiger partial charge is 0.356 e. The van der Waals surface area contributed by atoms with E-state index in [2.05, 4.69) is 25.8 Å². The number of hydrogen-bond acceptors (Lipinski definition) is 5. The van der Waals surface area contributed by atoms with Crippen LogP contribution in [0.5, 0.6) is 0 Å². The Bertz CT molecular complexity index is 615. The maximum Gasteiger partial charge on any atom is 0.129 e. The fourth-order valence-corrected chi connectivity index (χ4v) is 3.48. The summed E-state index contributed by atoms with van der Waals surface area (Å²) >= 11 is 8.00. The van der Waals surface area contributed by atoms with Gasteiger partial charge in [0.2, 0.25) is 0 Å². The quantitative estimate of drug-likeness (QED) is 0.865. The second-order valence-corrected chi connectivity index (χ2v) is 6.37. The number of aromatic nitrogens is 2. The molecule has 0 unspecified atom stereocenters. The van der Waals surface area contributed by atoms with E-state index >= 15 is 0 Å². The van der Waals surface area contributed by atoms with Crippen molar-refractivity contribution in [2.45, 2.75) is 18.9 Å². The Kier molecular flexibility index (Phi) is 5.18. The predicted octanol–water partition coefficient (Wildman–Crippen LogP) is 3.63. The van der Waals surface area contributed by atoms with Crippen LogP contribution in [0, 0.1) is 0 Å². The normalized spacial score (nSPS) is 16.0. The summed E-state index contributed by atoms with van der Waals surface area (Å²) in [6.45, 7) is 2.02. The van der Waals surface area contributed by atoms with E-state index in [9.17, 15) is 0 Å². The van der Waals surface area contributed by atoms with Crippen LogP contribution in [0.15, 0.2) is 36.7 Å². The van der Waals surface area contributed by atoms with Crippen LogP contribution < -0.4 is 9.62 Å². The van der Waals surface area contributed by atoms with Gasteiger partial charge in [-0.1, -0.05) is 29.6 Å². The molecule has 0 radical (unpaired) electrons. The SMILES string of the molecule is CSNC1CCN(c2cc(-c3ccccn3)c(Cl)cn2)CC1. The van der Waals surface area contributed by atoms with Crippen LogP contribution in [0.25, 0.3) is 11.3 Å². The summed E-state index contributed by atoms with van der Waals surface area (Å²) in [6.07, 6.45) is 7.85. The molecule has 1 fully saturated rings. The molecule has 3 heterocycles. The van der Waals surface area contributed by atoms with E-state index in [1.807, 2.05) is 24.3 Å². The van der Waals surface area contributed by atoms with Crippen molar-refractivity contribution in [3.8, 4) is 11.3 Å². The van der Waals surface area contributed by atoms with Crippen molar-refractivity contribution < 1.29 is 0 Å². The summed E-state index contributed by atoms with van der Waals surface area (Å²) in [7, 11) is 0. The Hall–Kier alpha value is -1.30. The first-order valence-corrected chi connectivity index (χ1v) is 8.98. The lowest BCUT2D eigenvalue weighted by molar-refractivity contribution is 0.477. The molecule has 0 aliphatic carbocycles. The zero-order valence-corrected chi connectivity index (χ0v) is 14.1. The summed E-state index contributed by atoms with van der Waals surface area (Å²) in [5.41, 5.74) is 1.83. The van der Waals surface area contributed by atoms with Crippen LogP contribution >= 0.6 is 23.5 Å². The molecule has 1 saturated heterocycles. The van der Waals surface area contributed by atoms with Gasteiger partial charge in [0.1, 0.15) is 5.82 Å². The first-order valence-electron chi connectivity index (χ1n) is 7.38. The molecule has 4 nitrogen and oxygen atoms in total. The second-order valence-electron chi connectivity index (χ2n) is 5.32. The van der Waals surface area contributed by atoms with Crippen molar-refractivity contribution in [3.63, 3.8) is 0 Å². The molecule has 1 N–H and O–H groups in total. The van der Waals surface area contributed by atoms with E-state index in [-0.39, 0.29) is 0 Å². The Labute approximate surface area is 140 Å². The highest BCUT2D eigenvalue weighted by Crippen LogP contribution is 2.30. The predicted molar refractivity (Wildman–Crippen MR) is 94.4 cm³/mol. The van der Waals surface area contributed by atoms with E-state index < -0.39 is 0 Å². The van der Waals surface area contributed by atoms with E-state index in [0.29, 0.717) is 11.1 Å². The van der Waals surface area contributed by atoms with Crippen molar-refractivity contribution >= 4 is 29.4 Å². The Morgan fingerprint density at radius 2 is 2.09 bits per heavy atom. The van der Waals surface area contributed by atoms with E-state index in [0.717, 1.165) is 43.0 Å². The maximum atomic E-state index is 6.30. The monoisotopic (exact) mass is 334 g/mol. The maximum absolute atomic E-state index is 6.30. The number of halogens is 1. The average Bonchev–Trinajstić information content (AvgIpc) is 2.57. The smallest absolute Gasteiger partial charge is 0.129 e. The summed E-state index contributed by atoms with van der Waals surface area (Å²) in [5.74, 6) is 0.979. The number of anilines is 1. The highest BCUT2D eigenvalue weighted by atomic mass is 35.5. The van der Waals surface area contributed by atoms with Gasteiger partial charge in [-0.2, -0.15) is 0 Å². The lowest BCUT2D eigenvalue weighted by atomic mass is 10.1. The number of nitrogens with one attached hydrogen (secondary N) is 1. The molecule has 1 aliphatic rings. The van der Waals surface area contributed by atoms with Crippen LogP contribution in [0.2, 0.25) is 5.02 Å². The van der Waals surface area contributed by atoms with Gasteiger partial charge in [0.05, 0.1) is 10.7 Å². The van der Waals surface area contributed by atoms with Crippen molar-refractivity contribution in [1.29, 1.82) is 0 Å². The second kappa shape index (κ2) is 7.31. The molecule has 0 aromatic carbocycles. The summed E-state index contributed by atoms with van der Waals surface area (Å²) < 4.78 is 3.44. The van der Waals surface area contributed by atoms with Gasteiger partial charge >= 0.3 is 0 Å². The number of pyridine rings is 2. The molecule has 6 heteroatoms. The minimum atomic E-state index is 0.591. The van der Waals surface area contributed by atoms with Crippen molar-refractivity contribution in [3.05, 3.63) is 41.7 Å². The van der Waals surface area contributed by atoms with E-state index in [1.54, 1.807) is 24.3 Å². The molecule has 1 aliphatic heterocycles.